The number of ether oxygens (including phenoxy) is 2. The summed E-state index contributed by atoms with van der Waals surface area (Å²) in [5, 5.41) is 2.80. The number of nitrogens with one attached hydrogen (secondary N) is 1. The minimum absolute atomic E-state index is 0.173. The molecule has 0 saturated heterocycles. The third-order valence-electron chi connectivity index (χ3n) is 4.86. The van der Waals surface area contributed by atoms with Gasteiger partial charge in [0.2, 0.25) is 5.91 Å². The molecule has 0 heterocycles. The number of nitrogens with zero attached hydrogens (tertiary/aromatic N) is 1. The molecule has 0 unspecified atom stereocenters. The van der Waals surface area contributed by atoms with Gasteiger partial charge in [-0.2, -0.15) is 0 Å². The number of carbonyl (C=O) groups is 2. The van der Waals surface area contributed by atoms with E-state index in [9.17, 15) is 9.59 Å². The number of para-hydroxylation sites is 1. The highest BCUT2D eigenvalue weighted by Crippen LogP contribution is 2.28. The van der Waals surface area contributed by atoms with E-state index in [1.807, 2.05) is 36.4 Å². The molecule has 3 aromatic rings. The van der Waals surface area contributed by atoms with Gasteiger partial charge in [-0.15, -0.1) is 0 Å². The second kappa shape index (κ2) is 10.8. The van der Waals surface area contributed by atoms with Crippen molar-refractivity contribution in [1.82, 2.24) is 4.90 Å². The third-order valence-corrected chi connectivity index (χ3v) is 4.86. The Morgan fingerprint density at radius 1 is 0.906 bits per heavy atom. The van der Waals surface area contributed by atoms with Crippen LogP contribution >= 0.6 is 0 Å². The van der Waals surface area contributed by atoms with E-state index in [2.05, 4.69) is 5.32 Å². The summed E-state index contributed by atoms with van der Waals surface area (Å²) in [6.07, 6.45) is 3.08. The molecular formula is C26H26N2O4. The van der Waals surface area contributed by atoms with E-state index < -0.39 is 0 Å². The molecule has 2 amide bonds. The average molecular weight is 431 g/mol. The lowest BCUT2D eigenvalue weighted by Crippen LogP contribution is -2.27. The molecule has 6 heteroatoms. The molecule has 0 aliphatic carbocycles. The number of hydrogen-bond donors (Lipinski definition) is 1. The molecule has 0 saturated carbocycles. The molecule has 0 aliphatic rings. The molecule has 0 aromatic heterocycles. The maximum Gasteiger partial charge on any atom is 0.256 e. The highest BCUT2D eigenvalue weighted by Gasteiger charge is 2.16. The van der Waals surface area contributed by atoms with Crippen LogP contribution in [0.4, 0.5) is 5.69 Å². The second-order valence-electron chi connectivity index (χ2n) is 7.13. The van der Waals surface area contributed by atoms with Crippen LogP contribution in [0.1, 0.15) is 21.5 Å². The predicted molar refractivity (Wildman–Crippen MR) is 126 cm³/mol. The van der Waals surface area contributed by atoms with E-state index in [1.54, 1.807) is 68.6 Å². The lowest BCUT2D eigenvalue weighted by Gasteiger charge is -2.19. The highest BCUT2D eigenvalue weighted by atomic mass is 16.5. The van der Waals surface area contributed by atoms with E-state index in [0.29, 0.717) is 29.3 Å². The quantitative estimate of drug-likeness (QED) is 0.529. The fourth-order valence-corrected chi connectivity index (χ4v) is 3.22. The minimum Gasteiger partial charge on any atom is -0.493 e. The van der Waals surface area contributed by atoms with E-state index >= 15 is 0 Å². The van der Waals surface area contributed by atoms with Crippen molar-refractivity contribution in [3.8, 4) is 11.5 Å². The number of carbonyl (C=O) groups excluding carboxylic acids is 2. The topological polar surface area (TPSA) is 67.9 Å². The summed E-state index contributed by atoms with van der Waals surface area (Å²) in [4.78, 5) is 27.1. The standard InChI is InChI=1S/C26H26N2O4/c1-28(18-20-9-5-4-6-10-20)26(30)21-11-7-8-12-22(21)27-25(29)16-14-19-13-15-23(31-2)24(17-19)32-3/h4-17H,18H2,1-3H3,(H,27,29)/b16-14+. The van der Waals surface area contributed by atoms with Crippen molar-refractivity contribution in [3.63, 3.8) is 0 Å². The Morgan fingerprint density at radius 3 is 2.31 bits per heavy atom. The summed E-state index contributed by atoms with van der Waals surface area (Å²) in [7, 11) is 4.86. The van der Waals surface area contributed by atoms with Gasteiger partial charge in [-0.05, 0) is 41.5 Å². The molecule has 164 valence electrons. The smallest absolute Gasteiger partial charge is 0.256 e. The van der Waals surface area contributed by atoms with E-state index in [1.165, 1.54) is 6.08 Å². The first-order chi connectivity index (χ1) is 15.5. The summed E-state index contributed by atoms with van der Waals surface area (Å²) in [6.45, 7) is 0.473. The van der Waals surface area contributed by atoms with Crippen LogP contribution in [0.15, 0.2) is 78.9 Å². The number of rotatable bonds is 8. The molecule has 6 nitrogen and oxygen atoms in total. The molecule has 0 atom stereocenters. The van der Waals surface area contributed by atoms with Gasteiger partial charge in [0.25, 0.3) is 5.91 Å². The first-order valence-corrected chi connectivity index (χ1v) is 10.1. The lowest BCUT2D eigenvalue weighted by molar-refractivity contribution is -0.111. The number of methoxy groups -OCH3 is 2. The predicted octanol–water partition coefficient (Wildman–Crippen LogP) is 4.63. The number of hydrogen-bond acceptors (Lipinski definition) is 4. The Morgan fingerprint density at radius 2 is 1.59 bits per heavy atom. The second-order valence-corrected chi connectivity index (χ2v) is 7.13. The van der Waals surface area contributed by atoms with Gasteiger partial charge in [0, 0.05) is 19.7 Å². The van der Waals surface area contributed by atoms with Crippen LogP contribution in [0.3, 0.4) is 0 Å². The summed E-state index contributed by atoms with van der Waals surface area (Å²) in [5.74, 6) is 0.674. The number of benzene rings is 3. The molecule has 3 aromatic carbocycles. The maximum atomic E-state index is 13.0. The first kappa shape index (κ1) is 22.6. The van der Waals surface area contributed by atoms with Crippen LogP contribution in [0.2, 0.25) is 0 Å². The van der Waals surface area contributed by atoms with Crippen LogP contribution in [-0.4, -0.2) is 38.0 Å². The van der Waals surface area contributed by atoms with Crippen LogP contribution < -0.4 is 14.8 Å². The Labute approximate surface area is 188 Å². The van der Waals surface area contributed by atoms with Gasteiger partial charge in [0.15, 0.2) is 11.5 Å². The van der Waals surface area contributed by atoms with Crippen LogP contribution in [-0.2, 0) is 11.3 Å². The van der Waals surface area contributed by atoms with Gasteiger partial charge >= 0.3 is 0 Å². The summed E-state index contributed by atoms with van der Waals surface area (Å²) in [5.41, 5.74) is 2.70. The number of anilines is 1. The van der Waals surface area contributed by atoms with Crippen molar-refractivity contribution in [1.29, 1.82) is 0 Å². The van der Waals surface area contributed by atoms with Crippen LogP contribution in [0.25, 0.3) is 6.08 Å². The van der Waals surface area contributed by atoms with Crippen molar-refractivity contribution in [2.75, 3.05) is 26.6 Å². The Kier molecular flexibility index (Phi) is 7.65. The fraction of sp³-hybridized carbons (Fsp3) is 0.154. The molecule has 3 rings (SSSR count). The van der Waals surface area contributed by atoms with Crippen molar-refractivity contribution in [2.24, 2.45) is 0 Å². The summed E-state index contributed by atoms with van der Waals surface area (Å²) in [6, 6.07) is 22.1. The van der Waals surface area contributed by atoms with Crippen LogP contribution in [0, 0.1) is 0 Å². The molecule has 0 spiro atoms. The van der Waals surface area contributed by atoms with Crippen molar-refractivity contribution in [2.45, 2.75) is 6.54 Å². The van der Waals surface area contributed by atoms with Crippen molar-refractivity contribution >= 4 is 23.6 Å². The van der Waals surface area contributed by atoms with Gasteiger partial charge in [-0.1, -0.05) is 48.5 Å². The molecule has 0 bridgehead atoms. The Hall–Kier alpha value is -4.06. The molecular weight excluding hydrogens is 404 g/mol. The summed E-state index contributed by atoms with van der Waals surface area (Å²) < 4.78 is 10.5. The maximum absolute atomic E-state index is 13.0. The lowest BCUT2D eigenvalue weighted by atomic mass is 10.1. The average Bonchev–Trinajstić information content (AvgIpc) is 2.83. The van der Waals surface area contributed by atoms with Crippen molar-refractivity contribution in [3.05, 3.63) is 95.6 Å². The number of amides is 2. The molecule has 32 heavy (non-hydrogen) atoms. The zero-order valence-electron chi connectivity index (χ0n) is 18.4. The Balaban J connectivity index is 1.71. The van der Waals surface area contributed by atoms with Crippen LogP contribution in [0.5, 0.6) is 11.5 Å². The zero-order chi connectivity index (χ0) is 22.9. The van der Waals surface area contributed by atoms with E-state index in [-0.39, 0.29) is 11.8 Å². The Bertz CT molecular complexity index is 1110. The summed E-state index contributed by atoms with van der Waals surface area (Å²) >= 11 is 0. The normalized spacial score (nSPS) is 10.6. The molecule has 0 fully saturated rings. The van der Waals surface area contributed by atoms with E-state index in [0.717, 1.165) is 11.1 Å². The van der Waals surface area contributed by atoms with Gasteiger partial charge in [-0.25, -0.2) is 0 Å². The van der Waals surface area contributed by atoms with Gasteiger partial charge in [0.1, 0.15) is 0 Å². The molecule has 0 radical (unpaired) electrons. The van der Waals surface area contributed by atoms with Gasteiger partial charge < -0.3 is 19.7 Å². The highest BCUT2D eigenvalue weighted by molar-refractivity contribution is 6.07. The van der Waals surface area contributed by atoms with Gasteiger partial charge in [-0.3, -0.25) is 9.59 Å². The first-order valence-electron chi connectivity index (χ1n) is 10.1. The fourth-order valence-electron chi connectivity index (χ4n) is 3.22. The molecule has 1 N–H and O–H groups in total. The zero-order valence-corrected chi connectivity index (χ0v) is 18.4. The monoisotopic (exact) mass is 430 g/mol. The van der Waals surface area contributed by atoms with Crippen molar-refractivity contribution < 1.29 is 19.1 Å². The third kappa shape index (κ3) is 5.76. The largest absolute Gasteiger partial charge is 0.493 e. The minimum atomic E-state index is -0.342. The van der Waals surface area contributed by atoms with Gasteiger partial charge in [0.05, 0.1) is 25.5 Å². The SMILES string of the molecule is COc1ccc(/C=C/C(=O)Nc2ccccc2C(=O)N(C)Cc2ccccc2)cc1OC. The molecule has 0 aliphatic heterocycles. The van der Waals surface area contributed by atoms with E-state index in [4.69, 9.17) is 9.47 Å².